The second-order valence-electron chi connectivity index (χ2n) is 13.7. The smallest absolute Gasteiger partial charge is 0.822 e. The molecule has 0 fully saturated rings. The molecule has 0 aromatic carbocycles. The van der Waals surface area contributed by atoms with E-state index in [1.165, 1.54) is 193 Å². The molecule has 10 heteroatoms. The van der Waals surface area contributed by atoms with E-state index in [4.69, 9.17) is 19.2 Å². The second kappa shape index (κ2) is 51.5. The van der Waals surface area contributed by atoms with Gasteiger partial charge in [0.1, 0.15) is 0 Å². The Morgan fingerprint density at radius 2 is 0.562 bits per heavy atom. The van der Waals surface area contributed by atoms with E-state index in [2.05, 4.69) is 13.8 Å². The van der Waals surface area contributed by atoms with Crippen LogP contribution in [0.2, 0.25) is 0 Å². The van der Waals surface area contributed by atoms with Gasteiger partial charge in [-0.1, -0.05) is 219 Å². The van der Waals surface area contributed by atoms with Crippen LogP contribution >= 0.6 is 7.82 Å². The van der Waals surface area contributed by atoms with Gasteiger partial charge in [-0.3, -0.25) is 4.79 Å². The summed E-state index contributed by atoms with van der Waals surface area (Å²) in [5.41, 5.74) is 0. The first-order valence-electron chi connectivity index (χ1n) is 19.7. The minimum atomic E-state index is -5.39. The summed E-state index contributed by atoms with van der Waals surface area (Å²) < 4.78 is 8.55. The van der Waals surface area contributed by atoms with Crippen LogP contribution in [0.15, 0.2) is 0 Å². The molecule has 1 N–H and O–H groups in total. The first kappa shape index (κ1) is 61.7. The predicted molar refractivity (Wildman–Crippen MR) is 187 cm³/mol. The van der Waals surface area contributed by atoms with Crippen molar-refractivity contribution in [3.63, 3.8) is 0 Å². The number of rotatable bonds is 35. The second-order valence-corrected chi connectivity index (χ2v) is 14.6. The van der Waals surface area contributed by atoms with E-state index in [1.807, 2.05) is 0 Å². The van der Waals surface area contributed by atoms with Gasteiger partial charge in [-0.25, -0.2) is 0 Å². The average Bonchev–Trinajstić information content (AvgIpc) is 2.98. The van der Waals surface area contributed by atoms with Crippen LogP contribution in [0.1, 0.15) is 232 Å². The average molecular weight is 777 g/mol. The molecule has 6 nitrogen and oxygen atoms in total. The summed E-state index contributed by atoms with van der Waals surface area (Å²) in [5, 5.41) is 9.62. The van der Waals surface area contributed by atoms with Gasteiger partial charge >= 0.3 is 160 Å². The molecule has 272 valence electrons. The van der Waals surface area contributed by atoms with E-state index < -0.39 is 13.8 Å². The van der Waals surface area contributed by atoms with Crippen LogP contribution in [-0.2, 0) is 9.36 Å². The summed E-state index contributed by atoms with van der Waals surface area (Å²) >= 11 is 0. The number of unbranched alkanes of at least 4 members (excludes halogenated alkanes) is 30. The Bertz CT molecular complexity index is 631. The number of hydrogen-bond acceptors (Lipinski definition) is 5. The minimum absolute atomic E-state index is 0. The van der Waals surface area contributed by atoms with Crippen LogP contribution in [0.3, 0.4) is 0 Å². The number of carboxylic acid groups (broad SMARTS) is 1. The molecule has 0 spiro atoms. The maximum Gasteiger partial charge on any atom is 1.00 e. The monoisotopic (exact) mass is 776 g/mol. The third kappa shape index (κ3) is 62.5. The van der Waals surface area contributed by atoms with Crippen LogP contribution in [0.5, 0.6) is 0 Å². The molecule has 0 bridgehead atoms. The van der Waals surface area contributed by atoms with E-state index in [0.29, 0.717) is 0 Å². The summed E-state index contributed by atoms with van der Waals surface area (Å²) in [5.74, 6) is -0.653. The zero-order valence-electron chi connectivity index (χ0n) is 33.1. The summed E-state index contributed by atoms with van der Waals surface area (Å²) in [4.78, 5) is 37.3. The van der Waals surface area contributed by atoms with Gasteiger partial charge in [0.05, 0.1) is 5.92 Å². The first-order valence-corrected chi connectivity index (χ1v) is 21.1. The molecule has 1 atom stereocenters. The fraction of sp³-hybridized carbons (Fsp3) is 0.974. The molecule has 0 saturated carbocycles. The van der Waals surface area contributed by atoms with E-state index in [1.54, 1.807) is 0 Å². The van der Waals surface area contributed by atoms with Crippen molar-refractivity contribution in [2.24, 2.45) is 5.92 Å². The van der Waals surface area contributed by atoms with Crippen molar-refractivity contribution >= 4 is 13.8 Å². The largest absolute Gasteiger partial charge is 1.00 e. The molecular weight excluding hydrogens is 701 g/mol. The third-order valence-corrected chi connectivity index (χ3v) is 9.16. The standard InChI is InChI=1S/C38H76O2.3K.H3O4P/c1-3-5-7-9-11-13-15-17-19-20-21-22-24-26-28-30-32-34-36-37(38(39)40)35-33-31-29-27-25-23-18-16-14-12-10-8-6-4-2;;;;1-5(2,3)4/h37H,3-36H2,1-2H3,(H,39,40);;;;(H3,1,2,3,4)/q;3*+1;/p-3. The van der Waals surface area contributed by atoms with Crippen molar-refractivity contribution in [2.45, 2.75) is 232 Å². The Morgan fingerprint density at radius 3 is 0.708 bits per heavy atom. The molecule has 0 rings (SSSR count). The van der Waals surface area contributed by atoms with Crippen molar-refractivity contribution in [1.82, 2.24) is 0 Å². The Kier molecular flexibility index (Phi) is 66.2. The quantitative estimate of drug-likeness (QED) is 0.0599. The normalized spacial score (nSPS) is 11.4. The molecule has 0 aliphatic heterocycles. The van der Waals surface area contributed by atoms with Gasteiger partial charge < -0.3 is 24.4 Å². The molecule has 1 unspecified atom stereocenters. The summed E-state index contributed by atoms with van der Waals surface area (Å²) in [6.45, 7) is 4.58. The fourth-order valence-electron chi connectivity index (χ4n) is 6.27. The summed E-state index contributed by atoms with van der Waals surface area (Å²) in [6, 6.07) is 0. The van der Waals surface area contributed by atoms with Crippen molar-refractivity contribution in [3.8, 4) is 0 Å². The molecule has 0 radical (unpaired) electrons. The zero-order valence-corrected chi connectivity index (χ0v) is 43.3. The van der Waals surface area contributed by atoms with Gasteiger partial charge in [0, 0.05) is 0 Å². The minimum Gasteiger partial charge on any atom is -0.822 e. The van der Waals surface area contributed by atoms with Crippen LogP contribution in [0, 0.1) is 5.92 Å². The first-order chi connectivity index (χ1) is 21.7. The Balaban J connectivity index is -0.000000712. The third-order valence-electron chi connectivity index (χ3n) is 9.16. The van der Waals surface area contributed by atoms with Crippen molar-refractivity contribution in [2.75, 3.05) is 0 Å². The topological polar surface area (TPSA) is 124 Å². The molecule has 0 heterocycles. The van der Waals surface area contributed by atoms with Crippen molar-refractivity contribution < 1.29 is 183 Å². The molecule has 48 heavy (non-hydrogen) atoms. The van der Waals surface area contributed by atoms with Gasteiger partial charge in [-0.15, -0.1) is 0 Å². The Hall–Kier alpha value is 4.49. The van der Waals surface area contributed by atoms with Gasteiger partial charge in [-0.2, -0.15) is 7.82 Å². The molecule has 0 aliphatic carbocycles. The van der Waals surface area contributed by atoms with Crippen molar-refractivity contribution in [3.05, 3.63) is 0 Å². The van der Waals surface area contributed by atoms with E-state index >= 15 is 0 Å². The molecule has 0 aromatic heterocycles. The number of aliphatic carboxylic acids is 1. The van der Waals surface area contributed by atoms with Crippen LogP contribution in [-0.4, -0.2) is 11.1 Å². The van der Waals surface area contributed by atoms with Crippen molar-refractivity contribution in [1.29, 1.82) is 0 Å². The maximum atomic E-state index is 11.7. The summed E-state index contributed by atoms with van der Waals surface area (Å²) in [6.07, 6.45) is 45.8. The van der Waals surface area contributed by atoms with Gasteiger partial charge in [0.2, 0.25) is 0 Å². The number of carbonyl (C=O) groups is 1. The summed E-state index contributed by atoms with van der Waals surface area (Å²) in [7, 11) is -5.39. The van der Waals surface area contributed by atoms with E-state index in [0.717, 1.165) is 25.7 Å². The van der Waals surface area contributed by atoms with Crippen LogP contribution in [0.25, 0.3) is 0 Å². The Labute approximate surface area is 427 Å². The maximum absolute atomic E-state index is 11.7. The zero-order chi connectivity index (χ0) is 33.7. The molecule has 0 aliphatic rings. The molecule has 0 saturated heterocycles. The molecule has 0 amide bonds. The number of hydrogen-bond donors (Lipinski definition) is 1. The predicted octanol–water partition coefficient (Wildman–Crippen LogP) is 2.18. The van der Waals surface area contributed by atoms with E-state index in [9.17, 15) is 9.90 Å². The van der Waals surface area contributed by atoms with Crippen LogP contribution < -0.4 is 169 Å². The van der Waals surface area contributed by atoms with Gasteiger partial charge in [-0.05, 0) is 12.8 Å². The SMILES string of the molecule is CCCCCCCCCCCCCCCCCCCCC(CCCCCCCCCCCCCCCC)C(=O)O.O=P([O-])([O-])[O-].[K+].[K+].[K+]. The van der Waals surface area contributed by atoms with Crippen LogP contribution in [0.4, 0.5) is 0 Å². The Morgan fingerprint density at radius 1 is 0.417 bits per heavy atom. The van der Waals surface area contributed by atoms with Gasteiger partial charge in [0.25, 0.3) is 0 Å². The molecule has 0 aromatic rings. The number of phosphoric acid groups is 1. The molecular formula is C38H76K3O6P. The van der Waals surface area contributed by atoms with Gasteiger partial charge in [0.15, 0.2) is 0 Å². The van der Waals surface area contributed by atoms with E-state index in [-0.39, 0.29) is 160 Å². The number of carboxylic acids is 1. The fourth-order valence-corrected chi connectivity index (χ4v) is 6.27.